The van der Waals surface area contributed by atoms with E-state index in [4.69, 9.17) is 14.0 Å². The number of benzene rings is 1. The van der Waals surface area contributed by atoms with Crippen molar-refractivity contribution in [2.75, 3.05) is 20.8 Å². The summed E-state index contributed by atoms with van der Waals surface area (Å²) in [5.74, 6) is -0.00411. The van der Waals surface area contributed by atoms with Crippen molar-refractivity contribution < 1.29 is 18.4 Å². The van der Waals surface area contributed by atoms with Crippen molar-refractivity contribution in [3.05, 3.63) is 46.6 Å². The number of nitrogens with zero attached hydrogens (tertiary/aromatic N) is 5. The van der Waals surface area contributed by atoms with Crippen molar-refractivity contribution >= 4 is 16.6 Å². The summed E-state index contributed by atoms with van der Waals surface area (Å²) in [4.78, 5) is 22.0. The summed E-state index contributed by atoms with van der Waals surface area (Å²) in [5, 5.41) is 3.98. The lowest BCUT2D eigenvalue weighted by molar-refractivity contribution is -0.00786. The highest BCUT2D eigenvalue weighted by Crippen LogP contribution is 2.27. The Hall–Kier alpha value is -3.11. The van der Waals surface area contributed by atoms with Crippen molar-refractivity contribution in [1.82, 2.24) is 24.1 Å². The molecule has 0 radical (unpaired) electrons. The van der Waals surface area contributed by atoms with Gasteiger partial charge >= 0.3 is 0 Å². The predicted octanol–water partition coefficient (Wildman–Crippen LogP) is 2.37. The molecule has 0 unspecified atom stereocenters. The molecule has 0 saturated heterocycles. The van der Waals surface area contributed by atoms with Gasteiger partial charge in [-0.05, 0) is 32.0 Å². The van der Waals surface area contributed by atoms with Gasteiger partial charge in [0, 0.05) is 20.8 Å². The van der Waals surface area contributed by atoms with Crippen LogP contribution in [0.15, 0.2) is 33.8 Å². The van der Waals surface area contributed by atoms with Crippen LogP contribution < -0.4 is 5.56 Å². The Morgan fingerprint density at radius 1 is 1.24 bits per heavy atom. The van der Waals surface area contributed by atoms with Crippen LogP contribution >= 0.6 is 0 Å². The van der Waals surface area contributed by atoms with E-state index in [1.807, 2.05) is 0 Å². The fourth-order valence-corrected chi connectivity index (χ4v) is 3.11. The maximum absolute atomic E-state index is 13.9. The molecule has 3 aromatic heterocycles. The minimum Gasteiger partial charge on any atom is -0.383 e. The van der Waals surface area contributed by atoms with Gasteiger partial charge < -0.3 is 18.6 Å². The summed E-state index contributed by atoms with van der Waals surface area (Å²) in [6.45, 7) is 4.12. The molecule has 0 amide bonds. The monoisotopic (exact) mass is 401 g/mol. The fourth-order valence-electron chi connectivity index (χ4n) is 3.11. The number of halogens is 1. The Bertz CT molecular complexity index is 1260. The summed E-state index contributed by atoms with van der Waals surface area (Å²) in [6, 6.07) is 4.25. The Morgan fingerprint density at radius 2 is 2.03 bits per heavy atom. The van der Waals surface area contributed by atoms with Crippen molar-refractivity contribution in [3.8, 4) is 11.5 Å². The number of aromatic nitrogens is 5. The van der Waals surface area contributed by atoms with E-state index in [1.54, 1.807) is 24.3 Å². The van der Waals surface area contributed by atoms with Crippen molar-refractivity contribution in [2.45, 2.75) is 26.0 Å². The Morgan fingerprint density at radius 3 is 2.76 bits per heavy atom. The van der Waals surface area contributed by atoms with Crippen molar-refractivity contribution in [3.63, 3.8) is 0 Å². The molecule has 0 bridgehead atoms. The van der Waals surface area contributed by atoms with Crippen LogP contribution in [0, 0.1) is 5.82 Å². The SMILES string of the molecule is COCCn1c(=O)c2c(-c3noc(C(C)(C)OC)n3)ncn2c2ccc(F)cc21. The van der Waals surface area contributed by atoms with Gasteiger partial charge in [0.05, 0.1) is 17.6 Å². The standard InChI is InChI=1S/C19H20FN5O4/c1-19(2,28-4)18-22-16(23-29-18)14-15-17(26)24(7-8-27-3)13-9-11(20)5-6-12(13)25(15)10-21-14/h5-6,9-10H,7-8H2,1-4H3. The van der Waals surface area contributed by atoms with Gasteiger partial charge in [0.15, 0.2) is 0 Å². The maximum atomic E-state index is 13.9. The smallest absolute Gasteiger partial charge is 0.277 e. The van der Waals surface area contributed by atoms with Crippen LogP contribution in [0.25, 0.3) is 28.1 Å². The highest BCUT2D eigenvalue weighted by atomic mass is 19.1. The molecule has 29 heavy (non-hydrogen) atoms. The summed E-state index contributed by atoms with van der Waals surface area (Å²) < 4.78 is 32.7. The van der Waals surface area contributed by atoms with Crippen LogP contribution in [-0.2, 0) is 21.6 Å². The molecule has 0 saturated carbocycles. The third-order valence-corrected chi connectivity index (χ3v) is 4.89. The zero-order valence-corrected chi connectivity index (χ0v) is 16.5. The van der Waals surface area contributed by atoms with Gasteiger partial charge in [0.1, 0.15) is 29.0 Å². The van der Waals surface area contributed by atoms with Gasteiger partial charge in [-0.1, -0.05) is 5.16 Å². The Labute approximate surface area is 164 Å². The van der Waals surface area contributed by atoms with Crippen LogP contribution in [-0.4, -0.2) is 44.9 Å². The van der Waals surface area contributed by atoms with E-state index in [1.165, 1.54) is 37.2 Å². The average molecular weight is 401 g/mol. The zero-order chi connectivity index (χ0) is 20.8. The summed E-state index contributed by atoms with van der Waals surface area (Å²) in [6.07, 6.45) is 1.49. The molecule has 0 fully saturated rings. The Balaban J connectivity index is 1.99. The van der Waals surface area contributed by atoms with Gasteiger partial charge in [-0.15, -0.1) is 0 Å². The lowest BCUT2D eigenvalue weighted by Gasteiger charge is -2.16. The molecule has 4 rings (SSSR count). The number of imidazole rings is 1. The normalized spacial score (nSPS) is 12.3. The van der Waals surface area contributed by atoms with Crippen molar-refractivity contribution in [2.24, 2.45) is 0 Å². The number of methoxy groups -OCH3 is 2. The van der Waals surface area contributed by atoms with Gasteiger partial charge in [0.25, 0.3) is 11.4 Å². The zero-order valence-electron chi connectivity index (χ0n) is 16.5. The van der Waals surface area contributed by atoms with Crippen LogP contribution in [0.2, 0.25) is 0 Å². The van der Waals surface area contributed by atoms with Crippen LogP contribution in [0.1, 0.15) is 19.7 Å². The van der Waals surface area contributed by atoms with Gasteiger partial charge in [-0.25, -0.2) is 9.37 Å². The van der Waals surface area contributed by atoms with E-state index in [0.717, 1.165) is 0 Å². The molecule has 0 N–H and O–H groups in total. The van der Waals surface area contributed by atoms with E-state index in [2.05, 4.69) is 15.1 Å². The van der Waals surface area contributed by atoms with E-state index in [0.29, 0.717) is 17.6 Å². The van der Waals surface area contributed by atoms with E-state index >= 15 is 0 Å². The second-order valence-electron chi connectivity index (χ2n) is 7.03. The van der Waals surface area contributed by atoms with E-state index in [9.17, 15) is 9.18 Å². The molecular formula is C19H20FN5O4. The van der Waals surface area contributed by atoms with Crippen LogP contribution in [0.4, 0.5) is 4.39 Å². The molecule has 0 atom stereocenters. The summed E-state index contributed by atoms with van der Waals surface area (Å²) in [7, 11) is 3.07. The largest absolute Gasteiger partial charge is 0.383 e. The van der Waals surface area contributed by atoms with Crippen LogP contribution in [0.5, 0.6) is 0 Å². The minimum atomic E-state index is -0.788. The highest BCUT2D eigenvalue weighted by Gasteiger charge is 2.29. The Kier molecular flexibility index (Phi) is 4.67. The average Bonchev–Trinajstić information content (AvgIpc) is 3.35. The first-order chi connectivity index (χ1) is 13.9. The number of hydrogen-bond acceptors (Lipinski definition) is 7. The summed E-state index contributed by atoms with van der Waals surface area (Å²) in [5.41, 5.74) is 0.459. The molecule has 0 spiro atoms. The van der Waals surface area contributed by atoms with E-state index < -0.39 is 11.4 Å². The number of fused-ring (bicyclic) bond motifs is 3. The third-order valence-electron chi connectivity index (χ3n) is 4.89. The molecule has 0 aliphatic carbocycles. The summed E-state index contributed by atoms with van der Waals surface area (Å²) >= 11 is 0. The first-order valence-electron chi connectivity index (χ1n) is 8.95. The molecule has 3 heterocycles. The second kappa shape index (κ2) is 7.05. The molecule has 4 aromatic rings. The first-order valence-corrected chi connectivity index (χ1v) is 8.95. The van der Waals surface area contributed by atoms with Gasteiger partial charge in [0.2, 0.25) is 5.82 Å². The molecule has 9 nitrogen and oxygen atoms in total. The molecule has 152 valence electrons. The van der Waals surface area contributed by atoms with Gasteiger partial charge in [-0.2, -0.15) is 4.98 Å². The minimum absolute atomic E-state index is 0.171. The highest BCUT2D eigenvalue weighted by molar-refractivity contribution is 5.83. The lowest BCUT2D eigenvalue weighted by atomic mass is 10.1. The van der Waals surface area contributed by atoms with Crippen molar-refractivity contribution in [1.29, 1.82) is 0 Å². The molecule has 0 aliphatic heterocycles. The predicted molar refractivity (Wildman–Crippen MR) is 102 cm³/mol. The quantitative estimate of drug-likeness (QED) is 0.489. The third kappa shape index (κ3) is 3.10. The number of hydrogen-bond donors (Lipinski definition) is 0. The molecule has 1 aromatic carbocycles. The molecule has 10 heteroatoms. The second-order valence-corrected chi connectivity index (χ2v) is 7.03. The van der Waals surface area contributed by atoms with Gasteiger partial charge in [-0.3, -0.25) is 9.20 Å². The number of ether oxygens (including phenoxy) is 2. The van der Waals surface area contributed by atoms with Crippen LogP contribution in [0.3, 0.4) is 0 Å². The molecular weight excluding hydrogens is 381 g/mol. The topological polar surface area (TPSA) is 96.7 Å². The lowest BCUT2D eigenvalue weighted by Crippen LogP contribution is -2.25. The first kappa shape index (κ1) is 19.2. The fraction of sp³-hybridized carbons (Fsp3) is 0.368. The maximum Gasteiger partial charge on any atom is 0.277 e. The molecule has 0 aliphatic rings. The van der Waals surface area contributed by atoms with E-state index in [-0.39, 0.29) is 35.0 Å². The number of rotatable bonds is 6.